The molecule has 0 fully saturated rings. The highest BCUT2D eigenvalue weighted by Crippen LogP contribution is 2.24. The van der Waals surface area contributed by atoms with Crippen molar-refractivity contribution in [3.8, 4) is 11.5 Å². The second kappa shape index (κ2) is 8.52. The lowest BCUT2D eigenvalue weighted by atomic mass is 9.99. The van der Waals surface area contributed by atoms with Gasteiger partial charge in [0.1, 0.15) is 17.5 Å². The number of carbonyl (C=O) groups excluding carboxylic acids is 1. The van der Waals surface area contributed by atoms with Crippen molar-refractivity contribution in [2.75, 3.05) is 21.3 Å². The molecule has 0 amide bonds. The molecule has 5 heteroatoms. The maximum atomic E-state index is 11.9. The molecule has 0 aliphatic carbocycles. The largest absolute Gasteiger partial charge is 0.497 e. The number of esters is 1. The summed E-state index contributed by atoms with van der Waals surface area (Å²) in [6.45, 7) is 4.60. The van der Waals surface area contributed by atoms with E-state index in [9.17, 15) is 4.79 Å². The smallest absolute Gasteiger partial charge is 0.323 e. The summed E-state index contributed by atoms with van der Waals surface area (Å²) in [5.74, 6) is 1.43. The minimum absolute atomic E-state index is 0.196. The van der Waals surface area contributed by atoms with Crippen molar-refractivity contribution in [1.29, 1.82) is 0 Å². The fourth-order valence-corrected chi connectivity index (χ4v) is 2.10. The molecule has 0 saturated heterocycles. The fraction of sp³-hybridized carbons (Fsp3) is 0.562. The van der Waals surface area contributed by atoms with Crippen LogP contribution in [0.15, 0.2) is 18.2 Å². The van der Waals surface area contributed by atoms with Gasteiger partial charge in [0.25, 0.3) is 0 Å². The van der Waals surface area contributed by atoms with E-state index in [0.717, 1.165) is 23.5 Å². The molecule has 2 atom stereocenters. The van der Waals surface area contributed by atoms with Crippen LogP contribution in [0.25, 0.3) is 0 Å². The number of rotatable bonds is 8. The Labute approximate surface area is 126 Å². The highest BCUT2D eigenvalue weighted by atomic mass is 16.5. The molecular formula is C16H25NO4. The quantitative estimate of drug-likeness (QED) is 0.746. The zero-order valence-corrected chi connectivity index (χ0v) is 13.4. The van der Waals surface area contributed by atoms with Gasteiger partial charge in [-0.3, -0.25) is 10.1 Å². The van der Waals surface area contributed by atoms with E-state index in [2.05, 4.69) is 12.2 Å². The molecule has 1 aromatic carbocycles. The Morgan fingerprint density at radius 2 is 1.95 bits per heavy atom. The van der Waals surface area contributed by atoms with E-state index in [1.807, 2.05) is 25.1 Å². The average molecular weight is 295 g/mol. The standard InChI is InChI=1S/C16H25NO4/c1-6-11(2)15(16(18)21-5)17-10-12-7-8-13(19-3)9-14(12)20-4/h7-9,11,15,17H,6,10H2,1-5H3. The van der Waals surface area contributed by atoms with Crippen LogP contribution in [0.1, 0.15) is 25.8 Å². The molecule has 1 aromatic rings. The predicted molar refractivity (Wildman–Crippen MR) is 81.6 cm³/mol. The van der Waals surface area contributed by atoms with E-state index in [1.54, 1.807) is 14.2 Å². The van der Waals surface area contributed by atoms with Crippen LogP contribution >= 0.6 is 0 Å². The third kappa shape index (κ3) is 4.63. The first-order valence-corrected chi connectivity index (χ1v) is 7.09. The van der Waals surface area contributed by atoms with Crippen molar-refractivity contribution in [3.05, 3.63) is 23.8 Å². The van der Waals surface area contributed by atoms with Crippen molar-refractivity contribution in [2.24, 2.45) is 5.92 Å². The lowest BCUT2D eigenvalue weighted by Crippen LogP contribution is -2.42. The van der Waals surface area contributed by atoms with Gasteiger partial charge in [-0.1, -0.05) is 26.3 Å². The average Bonchev–Trinajstić information content (AvgIpc) is 2.54. The van der Waals surface area contributed by atoms with Crippen LogP contribution in [0, 0.1) is 5.92 Å². The second-order valence-electron chi connectivity index (χ2n) is 4.95. The zero-order valence-electron chi connectivity index (χ0n) is 13.4. The van der Waals surface area contributed by atoms with E-state index in [0.29, 0.717) is 6.54 Å². The summed E-state index contributed by atoms with van der Waals surface area (Å²) in [4.78, 5) is 11.9. The minimum atomic E-state index is -0.327. The number of hydrogen-bond acceptors (Lipinski definition) is 5. The van der Waals surface area contributed by atoms with Gasteiger partial charge in [0.15, 0.2) is 0 Å². The SMILES string of the molecule is CCC(C)C(NCc1ccc(OC)cc1OC)C(=O)OC. The topological polar surface area (TPSA) is 56.8 Å². The van der Waals surface area contributed by atoms with Crippen LogP contribution in [0.2, 0.25) is 0 Å². The number of nitrogens with one attached hydrogen (secondary N) is 1. The zero-order chi connectivity index (χ0) is 15.8. The maximum absolute atomic E-state index is 11.9. The number of methoxy groups -OCH3 is 3. The van der Waals surface area contributed by atoms with Gasteiger partial charge < -0.3 is 14.2 Å². The van der Waals surface area contributed by atoms with Crippen molar-refractivity contribution < 1.29 is 19.0 Å². The summed E-state index contributed by atoms with van der Waals surface area (Å²) in [5, 5.41) is 3.25. The Kier molecular flexibility index (Phi) is 7.02. The van der Waals surface area contributed by atoms with Gasteiger partial charge in [-0.15, -0.1) is 0 Å². The second-order valence-corrected chi connectivity index (χ2v) is 4.95. The summed E-state index contributed by atoms with van der Waals surface area (Å²) in [6.07, 6.45) is 0.895. The highest BCUT2D eigenvalue weighted by Gasteiger charge is 2.24. The molecule has 0 spiro atoms. The molecule has 0 saturated carbocycles. The summed E-state index contributed by atoms with van der Waals surface area (Å²) in [5.41, 5.74) is 0.968. The van der Waals surface area contributed by atoms with E-state index in [-0.39, 0.29) is 17.9 Å². The first kappa shape index (κ1) is 17.3. The van der Waals surface area contributed by atoms with E-state index < -0.39 is 0 Å². The Morgan fingerprint density at radius 3 is 2.48 bits per heavy atom. The first-order valence-electron chi connectivity index (χ1n) is 7.09. The van der Waals surface area contributed by atoms with Crippen LogP contribution in [-0.2, 0) is 16.1 Å². The Hall–Kier alpha value is -1.75. The molecule has 0 aliphatic heterocycles. The summed E-state index contributed by atoms with van der Waals surface area (Å²) < 4.78 is 15.4. The van der Waals surface area contributed by atoms with Gasteiger partial charge in [-0.25, -0.2) is 0 Å². The molecule has 0 radical (unpaired) electrons. The molecule has 118 valence electrons. The van der Waals surface area contributed by atoms with E-state index in [1.165, 1.54) is 7.11 Å². The molecule has 0 aliphatic rings. The third-order valence-electron chi connectivity index (χ3n) is 3.67. The van der Waals surface area contributed by atoms with Crippen molar-refractivity contribution in [2.45, 2.75) is 32.9 Å². The van der Waals surface area contributed by atoms with Crippen LogP contribution in [0.5, 0.6) is 11.5 Å². The predicted octanol–water partition coefficient (Wildman–Crippen LogP) is 2.38. The number of ether oxygens (including phenoxy) is 3. The van der Waals surface area contributed by atoms with Crippen molar-refractivity contribution in [1.82, 2.24) is 5.32 Å². The van der Waals surface area contributed by atoms with E-state index in [4.69, 9.17) is 14.2 Å². The molecule has 21 heavy (non-hydrogen) atoms. The van der Waals surface area contributed by atoms with Crippen molar-refractivity contribution >= 4 is 5.97 Å². The molecule has 0 heterocycles. The first-order chi connectivity index (χ1) is 10.1. The van der Waals surface area contributed by atoms with Crippen LogP contribution in [-0.4, -0.2) is 33.3 Å². The number of benzene rings is 1. The Bertz CT molecular complexity index is 462. The van der Waals surface area contributed by atoms with Crippen LogP contribution in [0.4, 0.5) is 0 Å². The molecule has 2 unspecified atom stereocenters. The van der Waals surface area contributed by atoms with Crippen LogP contribution < -0.4 is 14.8 Å². The van der Waals surface area contributed by atoms with Gasteiger partial charge in [-0.2, -0.15) is 0 Å². The fourth-order valence-electron chi connectivity index (χ4n) is 2.10. The molecule has 5 nitrogen and oxygen atoms in total. The highest BCUT2D eigenvalue weighted by molar-refractivity contribution is 5.76. The van der Waals surface area contributed by atoms with Crippen LogP contribution in [0.3, 0.4) is 0 Å². The number of carbonyl (C=O) groups is 1. The molecular weight excluding hydrogens is 270 g/mol. The Balaban J connectivity index is 2.82. The molecule has 0 bridgehead atoms. The third-order valence-corrected chi connectivity index (χ3v) is 3.67. The lowest BCUT2D eigenvalue weighted by Gasteiger charge is -2.22. The normalized spacial score (nSPS) is 13.4. The summed E-state index contributed by atoms with van der Waals surface area (Å²) >= 11 is 0. The van der Waals surface area contributed by atoms with Gasteiger partial charge in [0, 0.05) is 18.2 Å². The van der Waals surface area contributed by atoms with Gasteiger partial charge in [-0.05, 0) is 12.0 Å². The minimum Gasteiger partial charge on any atom is -0.497 e. The number of hydrogen-bond donors (Lipinski definition) is 1. The van der Waals surface area contributed by atoms with E-state index >= 15 is 0 Å². The maximum Gasteiger partial charge on any atom is 0.323 e. The molecule has 1 N–H and O–H groups in total. The van der Waals surface area contributed by atoms with Gasteiger partial charge in [0.2, 0.25) is 0 Å². The van der Waals surface area contributed by atoms with Gasteiger partial charge in [0.05, 0.1) is 21.3 Å². The molecule has 1 rings (SSSR count). The van der Waals surface area contributed by atoms with Gasteiger partial charge >= 0.3 is 5.97 Å². The monoisotopic (exact) mass is 295 g/mol. The molecule has 0 aromatic heterocycles. The lowest BCUT2D eigenvalue weighted by molar-refractivity contribution is -0.144. The van der Waals surface area contributed by atoms with Crippen molar-refractivity contribution in [3.63, 3.8) is 0 Å². The summed E-state index contributed by atoms with van der Waals surface area (Å²) in [7, 11) is 4.64. The summed E-state index contributed by atoms with van der Waals surface area (Å²) in [6, 6.07) is 5.30. The Morgan fingerprint density at radius 1 is 1.24 bits per heavy atom.